The molecule has 0 bridgehead atoms. The van der Waals surface area contributed by atoms with Crippen molar-refractivity contribution >= 4 is 0 Å². The number of hydrogen-bond donors (Lipinski definition) is 2. The lowest BCUT2D eigenvalue weighted by molar-refractivity contribution is -0.128. The van der Waals surface area contributed by atoms with Crippen molar-refractivity contribution in [3.8, 4) is 0 Å². The van der Waals surface area contributed by atoms with Crippen LogP contribution in [0, 0.1) is 0 Å². The minimum atomic E-state index is -4.39. The van der Waals surface area contributed by atoms with Crippen molar-refractivity contribution in [1.29, 1.82) is 0 Å². The first-order valence-corrected chi connectivity index (χ1v) is 4.19. The van der Waals surface area contributed by atoms with Crippen molar-refractivity contribution in [2.75, 3.05) is 6.54 Å². The summed E-state index contributed by atoms with van der Waals surface area (Å²) in [6, 6.07) is 0. The summed E-state index contributed by atoms with van der Waals surface area (Å²) in [6.45, 7) is 0.179. The summed E-state index contributed by atoms with van der Waals surface area (Å²) < 4.78 is 40.1. The molecule has 1 aromatic heterocycles. The molecule has 1 heterocycles. The first kappa shape index (κ1) is 11.9. The second kappa shape index (κ2) is 4.58. The maximum atomic E-state index is 11.9. The number of alkyl halides is 3. The summed E-state index contributed by atoms with van der Waals surface area (Å²) in [5.74, 6) is -0.728. The van der Waals surface area contributed by atoms with Gasteiger partial charge in [-0.25, -0.2) is 0 Å². The molecule has 0 saturated heterocycles. The van der Waals surface area contributed by atoms with E-state index in [-0.39, 0.29) is 18.9 Å². The summed E-state index contributed by atoms with van der Waals surface area (Å²) in [5.41, 5.74) is 5.15. The van der Waals surface area contributed by atoms with Crippen LogP contribution in [0.3, 0.4) is 0 Å². The van der Waals surface area contributed by atoms with E-state index >= 15 is 0 Å². The Bertz CT molecular complexity index is 313. The number of halogens is 3. The topological polar surface area (TPSA) is 85.2 Å². The highest BCUT2D eigenvalue weighted by Gasteiger charge is 2.31. The van der Waals surface area contributed by atoms with Crippen molar-refractivity contribution in [3.63, 3.8) is 0 Å². The lowest BCUT2D eigenvalue weighted by atomic mass is 10.2. The standard InChI is InChI=1S/C7H10F3N3O2/c8-7(9,10)3-5-12-6(15-13-5)4(14)1-2-11/h4,14H,1-3,11H2. The van der Waals surface area contributed by atoms with E-state index in [1.165, 1.54) is 0 Å². The molecule has 1 rings (SSSR count). The predicted octanol–water partition coefficient (Wildman–Crippen LogP) is 0.557. The molecule has 0 aromatic carbocycles. The first-order chi connectivity index (χ1) is 6.92. The molecule has 0 fully saturated rings. The monoisotopic (exact) mass is 225 g/mol. The summed E-state index contributed by atoms with van der Waals surface area (Å²) in [7, 11) is 0. The Morgan fingerprint density at radius 1 is 1.47 bits per heavy atom. The Morgan fingerprint density at radius 2 is 2.13 bits per heavy atom. The average Bonchev–Trinajstić information content (AvgIpc) is 2.50. The summed E-state index contributed by atoms with van der Waals surface area (Å²) in [6.07, 6.45) is -6.61. The second-order valence-corrected chi connectivity index (χ2v) is 2.93. The average molecular weight is 225 g/mol. The zero-order valence-electron chi connectivity index (χ0n) is 7.66. The molecule has 0 aliphatic heterocycles. The van der Waals surface area contributed by atoms with Crippen LogP contribution < -0.4 is 5.73 Å². The van der Waals surface area contributed by atoms with Gasteiger partial charge in [-0.3, -0.25) is 0 Å². The number of aliphatic hydroxyl groups is 1. The van der Waals surface area contributed by atoms with Crippen LogP contribution in [0.4, 0.5) is 13.2 Å². The van der Waals surface area contributed by atoms with Gasteiger partial charge >= 0.3 is 6.18 Å². The summed E-state index contributed by atoms with van der Waals surface area (Å²) in [4.78, 5) is 3.41. The molecule has 1 unspecified atom stereocenters. The number of nitrogens with two attached hydrogens (primary N) is 1. The third-order valence-corrected chi connectivity index (χ3v) is 1.57. The van der Waals surface area contributed by atoms with Crippen LogP contribution in [-0.2, 0) is 6.42 Å². The molecule has 5 nitrogen and oxygen atoms in total. The molecule has 86 valence electrons. The van der Waals surface area contributed by atoms with Gasteiger partial charge in [-0.2, -0.15) is 18.2 Å². The molecule has 15 heavy (non-hydrogen) atoms. The van der Waals surface area contributed by atoms with Gasteiger partial charge in [0.05, 0.1) is 0 Å². The Labute approximate surface area is 83.1 Å². The number of nitrogens with zero attached hydrogens (tertiary/aromatic N) is 2. The van der Waals surface area contributed by atoms with Crippen LogP contribution in [0.5, 0.6) is 0 Å². The highest BCUT2D eigenvalue weighted by molar-refractivity contribution is 4.91. The first-order valence-electron chi connectivity index (χ1n) is 4.19. The molecular weight excluding hydrogens is 215 g/mol. The number of aromatic nitrogens is 2. The highest BCUT2D eigenvalue weighted by Crippen LogP contribution is 2.21. The molecule has 0 amide bonds. The summed E-state index contributed by atoms with van der Waals surface area (Å²) in [5, 5.41) is 12.4. The predicted molar refractivity (Wildman–Crippen MR) is 42.7 cm³/mol. The van der Waals surface area contributed by atoms with Crippen molar-refractivity contribution in [1.82, 2.24) is 10.1 Å². The van der Waals surface area contributed by atoms with Gasteiger partial charge in [0.1, 0.15) is 12.5 Å². The Hall–Kier alpha value is -1.15. The fourth-order valence-electron chi connectivity index (χ4n) is 0.935. The van der Waals surface area contributed by atoms with Gasteiger partial charge in [0.15, 0.2) is 5.82 Å². The molecule has 0 saturated carbocycles. The zero-order chi connectivity index (χ0) is 11.5. The number of hydrogen-bond acceptors (Lipinski definition) is 5. The minimum Gasteiger partial charge on any atom is -0.383 e. The molecule has 1 aromatic rings. The van der Waals surface area contributed by atoms with Crippen molar-refractivity contribution < 1.29 is 22.8 Å². The second-order valence-electron chi connectivity index (χ2n) is 2.93. The van der Waals surface area contributed by atoms with Crippen LogP contribution in [0.15, 0.2) is 4.52 Å². The van der Waals surface area contributed by atoms with E-state index in [1.807, 2.05) is 0 Å². The van der Waals surface area contributed by atoms with E-state index in [9.17, 15) is 18.3 Å². The van der Waals surface area contributed by atoms with Gasteiger partial charge < -0.3 is 15.4 Å². The minimum absolute atomic E-state index is 0.160. The maximum Gasteiger partial charge on any atom is 0.396 e. The van der Waals surface area contributed by atoms with Gasteiger partial charge in [-0.1, -0.05) is 5.16 Å². The van der Waals surface area contributed by atoms with Crippen LogP contribution in [0.25, 0.3) is 0 Å². The maximum absolute atomic E-state index is 11.9. The quantitative estimate of drug-likeness (QED) is 0.781. The van der Waals surface area contributed by atoms with E-state index in [2.05, 4.69) is 14.7 Å². The molecule has 0 radical (unpaired) electrons. The number of rotatable bonds is 4. The van der Waals surface area contributed by atoms with Crippen LogP contribution in [0.1, 0.15) is 24.2 Å². The lowest BCUT2D eigenvalue weighted by Crippen LogP contribution is -2.13. The number of aliphatic hydroxyl groups excluding tert-OH is 1. The summed E-state index contributed by atoms with van der Waals surface area (Å²) >= 11 is 0. The van der Waals surface area contributed by atoms with Gasteiger partial charge in [0, 0.05) is 0 Å². The third-order valence-electron chi connectivity index (χ3n) is 1.57. The van der Waals surface area contributed by atoms with E-state index in [0.717, 1.165) is 0 Å². The smallest absolute Gasteiger partial charge is 0.383 e. The van der Waals surface area contributed by atoms with Crippen LogP contribution in [-0.4, -0.2) is 28.0 Å². The largest absolute Gasteiger partial charge is 0.396 e. The van der Waals surface area contributed by atoms with Gasteiger partial charge in [-0.15, -0.1) is 0 Å². The van der Waals surface area contributed by atoms with Crippen LogP contribution in [0.2, 0.25) is 0 Å². The Morgan fingerprint density at radius 3 is 2.67 bits per heavy atom. The molecule has 3 N–H and O–H groups in total. The van der Waals surface area contributed by atoms with E-state index < -0.39 is 24.5 Å². The fourth-order valence-corrected chi connectivity index (χ4v) is 0.935. The van der Waals surface area contributed by atoms with Crippen molar-refractivity contribution in [2.24, 2.45) is 5.73 Å². The van der Waals surface area contributed by atoms with Crippen molar-refractivity contribution in [2.45, 2.75) is 25.1 Å². The molecule has 8 heteroatoms. The van der Waals surface area contributed by atoms with Crippen molar-refractivity contribution in [3.05, 3.63) is 11.7 Å². The van der Waals surface area contributed by atoms with Gasteiger partial charge in [-0.05, 0) is 13.0 Å². The Balaban J connectivity index is 2.64. The third kappa shape index (κ3) is 3.84. The molecule has 0 aliphatic carbocycles. The Kier molecular flexibility index (Phi) is 3.64. The molecular formula is C7H10F3N3O2. The SMILES string of the molecule is NCCC(O)c1nc(CC(F)(F)F)no1. The zero-order valence-corrected chi connectivity index (χ0v) is 7.66. The van der Waals surface area contributed by atoms with E-state index in [1.54, 1.807) is 0 Å². The van der Waals surface area contributed by atoms with E-state index in [0.29, 0.717) is 0 Å². The fraction of sp³-hybridized carbons (Fsp3) is 0.714. The molecule has 0 aliphatic rings. The molecule has 1 atom stereocenters. The van der Waals surface area contributed by atoms with Gasteiger partial charge in [0.25, 0.3) is 5.89 Å². The normalized spacial score (nSPS) is 14.2. The molecule has 0 spiro atoms. The van der Waals surface area contributed by atoms with Gasteiger partial charge in [0.2, 0.25) is 0 Å². The highest BCUT2D eigenvalue weighted by atomic mass is 19.4. The van der Waals surface area contributed by atoms with Crippen LogP contribution >= 0.6 is 0 Å². The lowest BCUT2D eigenvalue weighted by Gasteiger charge is -2.01. The van der Waals surface area contributed by atoms with E-state index in [4.69, 9.17) is 5.73 Å².